The summed E-state index contributed by atoms with van der Waals surface area (Å²) < 4.78 is 5.28. The molecule has 6 heteroatoms. The van der Waals surface area contributed by atoms with Gasteiger partial charge in [0.1, 0.15) is 5.75 Å². The number of aliphatic hydroxyl groups is 1. The molecular formula is C19H23N3O3. The van der Waals surface area contributed by atoms with Crippen molar-refractivity contribution in [3.63, 3.8) is 0 Å². The largest absolute Gasteiger partial charge is 0.497 e. The summed E-state index contributed by atoms with van der Waals surface area (Å²) in [6.45, 7) is 1.19. The van der Waals surface area contributed by atoms with Gasteiger partial charge in [0.05, 0.1) is 19.8 Å². The van der Waals surface area contributed by atoms with E-state index in [1.165, 1.54) is 0 Å². The minimum absolute atomic E-state index is 0.00856. The van der Waals surface area contributed by atoms with Crippen molar-refractivity contribution in [2.24, 2.45) is 0 Å². The number of carbonyl (C=O) groups excluding carboxylic acids is 1. The van der Waals surface area contributed by atoms with Crippen LogP contribution in [-0.2, 0) is 11.3 Å². The molecule has 6 nitrogen and oxygen atoms in total. The molecule has 0 saturated carbocycles. The van der Waals surface area contributed by atoms with Gasteiger partial charge in [0.25, 0.3) is 0 Å². The van der Waals surface area contributed by atoms with Gasteiger partial charge in [0, 0.05) is 31.5 Å². The highest BCUT2D eigenvalue weighted by Gasteiger charge is 2.33. The number of methoxy groups -OCH3 is 1. The van der Waals surface area contributed by atoms with Crippen molar-refractivity contribution in [1.29, 1.82) is 0 Å². The van der Waals surface area contributed by atoms with Gasteiger partial charge in [0.2, 0.25) is 5.91 Å². The summed E-state index contributed by atoms with van der Waals surface area (Å²) in [5.41, 5.74) is 2.01. The summed E-state index contributed by atoms with van der Waals surface area (Å²) in [7, 11) is 1.63. The van der Waals surface area contributed by atoms with Crippen LogP contribution in [0.15, 0.2) is 48.8 Å². The van der Waals surface area contributed by atoms with Crippen LogP contribution < -0.4 is 10.1 Å². The lowest BCUT2D eigenvalue weighted by Crippen LogP contribution is -2.37. The van der Waals surface area contributed by atoms with Gasteiger partial charge in [-0.05, 0) is 35.7 Å². The number of carbonyl (C=O) groups is 1. The fourth-order valence-electron chi connectivity index (χ4n) is 3.19. The van der Waals surface area contributed by atoms with E-state index < -0.39 is 6.10 Å². The fraction of sp³-hybridized carbons (Fsp3) is 0.368. The number of likely N-dealkylation sites (tertiary alicyclic amines) is 1. The number of hydrogen-bond acceptors (Lipinski definition) is 5. The van der Waals surface area contributed by atoms with E-state index in [0.717, 1.165) is 16.9 Å². The predicted octanol–water partition coefficient (Wildman–Crippen LogP) is 1.51. The topological polar surface area (TPSA) is 74.7 Å². The summed E-state index contributed by atoms with van der Waals surface area (Å²) in [4.78, 5) is 18.3. The molecule has 2 atom stereocenters. The molecule has 1 aliphatic rings. The average Bonchev–Trinajstić information content (AvgIpc) is 3.01. The highest BCUT2D eigenvalue weighted by molar-refractivity contribution is 5.78. The molecule has 2 aromatic rings. The maximum absolute atomic E-state index is 12.3. The molecule has 2 heterocycles. The Bertz CT molecular complexity index is 708. The molecular weight excluding hydrogens is 318 g/mol. The van der Waals surface area contributed by atoms with Gasteiger partial charge in [-0.1, -0.05) is 18.2 Å². The highest BCUT2D eigenvalue weighted by Crippen LogP contribution is 2.33. The first-order valence-electron chi connectivity index (χ1n) is 8.37. The number of ether oxygens (including phenoxy) is 1. The van der Waals surface area contributed by atoms with Crippen molar-refractivity contribution >= 4 is 5.91 Å². The molecule has 1 aromatic heterocycles. The molecule has 1 fully saturated rings. The average molecular weight is 341 g/mol. The third-order valence-corrected chi connectivity index (χ3v) is 4.42. The van der Waals surface area contributed by atoms with Crippen LogP contribution in [0.3, 0.4) is 0 Å². The standard InChI is InChI=1S/C19H23N3O3/c1-25-17-6-2-5-15(8-17)18-9-16(23)12-22(18)13-19(24)21-11-14-4-3-7-20-10-14/h2-8,10,16,18,23H,9,11-13H2,1H3,(H,21,24)/t16-,18+/m1/s1. The molecule has 0 radical (unpaired) electrons. The lowest BCUT2D eigenvalue weighted by Gasteiger charge is -2.24. The number of benzene rings is 1. The minimum Gasteiger partial charge on any atom is -0.497 e. The maximum Gasteiger partial charge on any atom is 0.234 e. The number of aliphatic hydroxyl groups excluding tert-OH is 1. The Labute approximate surface area is 147 Å². The second-order valence-corrected chi connectivity index (χ2v) is 6.25. The molecule has 1 amide bonds. The highest BCUT2D eigenvalue weighted by atomic mass is 16.5. The van der Waals surface area contributed by atoms with Crippen LogP contribution in [0.5, 0.6) is 5.75 Å². The molecule has 1 aromatic carbocycles. The van der Waals surface area contributed by atoms with Gasteiger partial charge in [0.15, 0.2) is 0 Å². The summed E-state index contributed by atoms with van der Waals surface area (Å²) in [5.74, 6) is 0.714. The molecule has 0 bridgehead atoms. The Morgan fingerprint density at radius 1 is 1.40 bits per heavy atom. The summed E-state index contributed by atoms with van der Waals surface area (Å²) in [6, 6.07) is 11.6. The number of aromatic nitrogens is 1. The van der Waals surface area contributed by atoms with Gasteiger partial charge >= 0.3 is 0 Å². The Hall–Kier alpha value is -2.44. The van der Waals surface area contributed by atoms with Crippen molar-refractivity contribution in [3.8, 4) is 5.75 Å². The van der Waals surface area contributed by atoms with Crippen LogP contribution in [0, 0.1) is 0 Å². The third-order valence-electron chi connectivity index (χ3n) is 4.42. The number of hydrogen-bond donors (Lipinski definition) is 2. The van der Waals surface area contributed by atoms with Crippen LogP contribution in [0.4, 0.5) is 0 Å². The van der Waals surface area contributed by atoms with Crippen LogP contribution in [0.25, 0.3) is 0 Å². The van der Waals surface area contributed by atoms with E-state index in [1.807, 2.05) is 41.3 Å². The van der Waals surface area contributed by atoms with Crippen molar-refractivity contribution in [2.75, 3.05) is 20.2 Å². The summed E-state index contributed by atoms with van der Waals surface area (Å²) in [6.07, 6.45) is 3.62. The third kappa shape index (κ3) is 4.55. The van der Waals surface area contributed by atoms with E-state index in [1.54, 1.807) is 19.5 Å². The van der Waals surface area contributed by atoms with E-state index in [-0.39, 0.29) is 18.5 Å². The zero-order chi connectivity index (χ0) is 17.6. The lowest BCUT2D eigenvalue weighted by molar-refractivity contribution is -0.122. The number of nitrogens with zero attached hydrogens (tertiary/aromatic N) is 2. The van der Waals surface area contributed by atoms with Crippen LogP contribution >= 0.6 is 0 Å². The molecule has 25 heavy (non-hydrogen) atoms. The van der Waals surface area contributed by atoms with E-state index in [4.69, 9.17) is 4.74 Å². The van der Waals surface area contributed by atoms with Crippen LogP contribution in [-0.4, -0.2) is 47.2 Å². The number of rotatable bonds is 6. The number of β-amino-alcohol motifs (C(OH)–C–C–N with tert-alkyl or cyclic N) is 1. The lowest BCUT2D eigenvalue weighted by atomic mass is 10.0. The summed E-state index contributed by atoms with van der Waals surface area (Å²) in [5, 5.41) is 13.0. The first-order chi connectivity index (χ1) is 12.2. The van der Waals surface area contributed by atoms with Crippen LogP contribution in [0.1, 0.15) is 23.6 Å². The Balaban J connectivity index is 1.62. The number of pyridine rings is 1. The molecule has 2 N–H and O–H groups in total. The monoisotopic (exact) mass is 341 g/mol. The van der Waals surface area contributed by atoms with Gasteiger partial charge in [-0.2, -0.15) is 0 Å². The Kier molecular flexibility index (Phi) is 5.63. The maximum atomic E-state index is 12.3. The predicted molar refractivity (Wildman–Crippen MR) is 94.0 cm³/mol. The van der Waals surface area contributed by atoms with Gasteiger partial charge < -0.3 is 15.2 Å². The van der Waals surface area contributed by atoms with Gasteiger partial charge in [-0.3, -0.25) is 14.7 Å². The van der Waals surface area contributed by atoms with Crippen molar-refractivity contribution < 1.29 is 14.6 Å². The van der Waals surface area contributed by atoms with Crippen molar-refractivity contribution in [3.05, 3.63) is 59.9 Å². The molecule has 0 unspecified atom stereocenters. The molecule has 132 valence electrons. The number of nitrogens with one attached hydrogen (secondary N) is 1. The van der Waals surface area contributed by atoms with Gasteiger partial charge in [-0.15, -0.1) is 0 Å². The quantitative estimate of drug-likeness (QED) is 0.833. The SMILES string of the molecule is COc1cccc([C@@H]2C[C@@H](O)CN2CC(=O)NCc2cccnc2)c1. The Morgan fingerprint density at radius 2 is 2.28 bits per heavy atom. The smallest absolute Gasteiger partial charge is 0.234 e. The second kappa shape index (κ2) is 8.09. The zero-order valence-corrected chi connectivity index (χ0v) is 14.3. The van der Waals surface area contributed by atoms with E-state index in [9.17, 15) is 9.90 Å². The first kappa shape index (κ1) is 17.4. The zero-order valence-electron chi connectivity index (χ0n) is 14.3. The van der Waals surface area contributed by atoms with Crippen LogP contribution in [0.2, 0.25) is 0 Å². The first-order valence-corrected chi connectivity index (χ1v) is 8.37. The van der Waals surface area contributed by atoms with E-state index in [0.29, 0.717) is 19.5 Å². The van der Waals surface area contributed by atoms with Gasteiger partial charge in [-0.25, -0.2) is 0 Å². The number of amides is 1. The molecule has 1 saturated heterocycles. The minimum atomic E-state index is -0.428. The van der Waals surface area contributed by atoms with Crippen molar-refractivity contribution in [1.82, 2.24) is 15.2 Å². The summed E-state index contributed by atoms with van der Waals surface area (Å²) >= 11 is 0. The van der Waals surface area contributed by atoms with E-state index in [2.05, 4.69) is 10.3 Å². The van der Waals surface area contributed by atoms with E-state index >= 15 is 0 Å². The molecule has 0 aliphatic carbocycles. The fourth-order valence-corrected chi connectivity index (χ4v) is 3.19. The second-order valence-electron chi connectivity index (χ2n) is 6.25. The molecule has 1 aliphatic heterocycles. The normalized spacial score (nSPS) is 20.4. The Morgan fingerprint density at radius 3 is 3.04 bits per heavy atom. The molecule has 0 spiro atoms. The molecule has 3 rings (SSSR count). The van der Waals surface area contributed by atoms with Crippen molar-refractivity contribution in [2.45, 2.75) is 25.1 Å².